The van der Waals surface area contributed by atoms with E-state index in [9.17, 15) is 8.78 Å². The van der Waals surface area contributed by atoms with Crippen LogP contribution >= 0.6 is 0 Å². The molecule has 0 saturated carbocycles. The molecular weight excluding hydrogens is 378 g/mol. The maximum absolute atomic E-state index is 13.7. The minimum atomic E-state index is -0.945. The van der Waals surface area contributed by atoms with Gasteiger partial charge in [0.1, 0.15) is 5.82 Å². The highest BCUT2D eigenvalue weighted by Crippen LogP contribution is 2.35. The smallest absolute Gasteiger partial charge is 0.162 e. The average Bonchev–Trinajstić information content (AvgIpc) is 2.71. The maximum atomic E-state index is 13.7. The number of anilines is 1. The zero-order valence-corrected chi connectivity index (χ0v) is 16.9. The minimum absolute atomic E-state index is 0.290. The molecule has 3 rings (SSSR count). The first-order valence-electron chi connectivity index (χ1n) is 9.20. The lowest BCUT2D eigenvalue weighted by Gasteiger charge is -2.15. The van der Waals surface area contributed by atoms with Crippen LogP contribution in [0.15, 0.2) is 30.3 Å². The van der Waals surface area contributed by atoms with E-state index in [1.807, 2.05) is 14.1 Å². The molecule has 6 nitrogen and oxygen atoms in total. The fourth-order valence-corrected chi connectivity index (χ4v) is 2.96. The molecule has 0 amide bonds. The summed E-state index contributed by atoms with van der Waals surface area (Å²) in [5.41, 5.74) is 0.990. The number of aromatic nitrogens is 2. The van der Waals surface area contributed by atoms with Gasteiger partial charge in [-0.1, -0.05) is 0 Å². The van der Waals surface area contributed by atoms with E-state index in [1.165, 1.54) is 6.07 Å². The van der Waals surface area contributed by atoms with Gasteiger partial charge >= 0.3 is 0 Å². The van der Waals surface area contributed by atoms with Crippen LogP contribution in [0.3, 0.4) is 0 Å². The molecule has 0 saturated heterocycles. The summed E-state index contributed by atoms with van der Waals surface area (Å²) in [6, 6.07) is 7.15. The molecule has 1 aromatic heterocycles. The molecule has 0 bridgehead atoms. The van der Waals surface area contributed by atoms with Crippen molar-refractivity contribution in [2.45, 2.75) is 6.42 Å². The lowest BCUT2D eigenvalue weighted by Crippen LogP contribution is -2.17. The van der Waals surface area contributed by atoms with Crippen molar-refractivity contribution in [1.29, 1.82) is 0 Å². The summed E-state index contributed by atoms with van der Waals surface area (Å²) in [5.74, 6) is 0.101. The zero-order valence-electron chi connectivity index (χ0n) is 16.9. The van der Waals surface area contributed by atoms with E-state index < -0.39 is 11.6 Å². The van der Waals surface area contributed by atoms with Crippen molar-refractivity contribution in [1.82, 2.24) is 14.9 Å². The van der Waals surface area contributed by atoms with E-state index in [-0.39, 0.29) is 0 Å². The van der Waals surface area contributed by atoms with Crippen LogP contribution in [0.25, 0.3) is 22.3 Å². The van der Waals surface area contributed by atoms with E-state index in [2.05, 4.69) is 20.2 Å². The Morgan fingerprint density at radius 2 is 1.69 bits per heavy atom. The molecule has 0 aliphatic rings. The third-order valence-corrected chi connectivity index (χ3v) is 4.45. The van der Waals surface area contributed by atoms with E-state index in [4.69, 9.17) is 9.47 Å². The van der Waals surface area contributed by atoms with Crippen LogP contribution in [0.4, 0.5) is 14.6 Å². The first kappa shape index (κ1) is 20.7. The highest BCUT2D eigenvalue weighted by Gasteiger charge is 2.15. The quantitative estimate of drug-likeness (QED) is 0.576. The van der Waals surface area contributed by atoms with Gasteiger partial charge < -0.3 is 19.7 Å². The second-order valence-electron chi connectivity index (χ2n) is 6.83. The first-order chi connectivity index (χ1) is 13.9. The second kappa shape index (κ2) is 9.00. The summed E-state index contributed by atoms with van der Waals surface area (Å²) < 4.78 is 37.8. The van der Waals surface area contributed by atoms with Crippen LogP contribution < -0.4 is 14.8 Å². The predicted molar refractivity (Wildman–Crippen MR) is 110 cm³/mol. The number of nitrogens with one attached hydrogen (secondary N) is 1. The van der Waals surface area contributed by atoms with Gasteiger partial charge in [-0.25, -0.2) is 18.7 Å². The number of fused-ring (bicyclic) bond motifs is 1. The molecule has 29 heavy (non-hydrogen) atoms. The number of hydrogen-bond acceptors (Lipinski definition) is 6. The molecule has 1 N–H and O–H groups in total. The van der Waals surface area contributed by atoms with E-state index in [0.29, 0.717) is 40.8 Å². The highest BCUT2D eigenvalue weighted by molar-refractivity contribution is 5.93. The standard InChI is InChI=1S/C21H24F2N4O2/c1-27(2)9-5-8-24-21-14-11-18(28-3)19(29-4)12-17(14)25-20(26-21)13-6-7-15(22)16(23)10-13/h6-7,10-12H,5,8-9H2,1-4H3,(H,24,25,26). The second-order valence-corrected chi connectivity index (χ2v) is 6.83. The van der Waals surface area contributed by atoms with Crippen LogP contribution in [-0.2, 0) is 0 Å². The molecule has 0 atom stereocenters. The zero-order chi connectivity index (χ0) is 21.0. The van der Waals surface area contributed by atoms with Gasteiger partial charge in [-0.15, -0.1) is 0 Å². The summed E-state index contributed by atoms with van der Waals surface area (Å²) in [6.07, 6.45) is 0.909. The Hall–Kier alpha value is -3.00. The van der Waals surface area contributed by atoms with Gasteiger partial charge in [0.05, 0.1) is 19.7 Å². The lowest BCUT2D eigenvalue weighted by atomic mass is 10.1. The fourth-order valence-electron chi connectivity index (χ4n) is 2.96. The van der Waals surface area contributed by atoms with Crippen molar-refractivity contribution in [3.63, 3.8) is 0 Å². The summed E-state index contributed by atoms with van der Waals surface area (Å²) in [4.78, 5) is 11.2. The van der Waals surface area contributed by atoms with Gasteiger partial charge in [-0.3, -0.25) is 0 Å². The Morgan fingerprint density at radius 1 is 0.966 bits per heavy atom. The summed E-state index contributed by atoms with van der Waals surface area (Å²) in [7, 11) is 7.13. The van der Waals surface area contributed by atoms with Gasteiger partial charge in [0.25, 0.3) is 0 Å². The van der Waals surface area contributed by atoms with Crippen molar-refractivity contribution in [2.75, 3.05) is 46.7 Å². The molecule has 0 aliphatic carbocycles. The number of nitrogens with zero attached hydrogens (tertiary/aromatic N) is 3. The third kappa shape index (κ3) is 4.71. The molecule has 2 aromatic carbocycles. The molecule has 154 valence electrons. The van der Waals surface area contributed by atoms with Crippen molar-refractivity contribution in [2.24, 2.45) is 0 Å². The van der Waals surface area contributed by atoms with Gasteiger partial charge in [-0.05, 0) is 51.3 Å². The molecular formula is C21H24F2N4O2. The van der Waals surface area contributed by atoms with Crippen molar-refractivity contribution in [3.8, 4) is 22.9 Å². The van der Waals surface area contributed by atoms with Gasteiger partial charge in [-0.2, -0.15) is 0 Å². The Morgan fingerprint density at radius 3 is 2.34 bits per heavy atom. The molecule has 0 unspecified atom stereocenters. The Labute approximate surface area is 168 Å². The van der Waals surface area contributed by atoms with Crippen molar-refractivity contribution >= 4 is 16.7 Å². The molecule has 1 heterocycles. The van der Waals surface area contributed by atoms with Crippen LogP contribution in [0.5, 0.6) is 11.5 Å². The summed E-state index contributed by atoms with van der Waals surface area (Å²) in [6.45, 7) is 1.61. The Balaban J connectivity index is 2.08. The number of rotatable bonds is 8. The monoisotopic (exact) mass is 402 g/mol. The maximum Gasteiger partial charge on any atom is 0.162 e. The van der Waals surface area contributed by atoms with Crippen molar-refractivity contribution in [3.05, 3.63) is 42.0 Å². The van der Waals surface area contributed by atoms with Crippen LogP contribution in [0.2, 0.25) is 0 Å². The van der Waals surface area contributed by atoms with Gasteiger partial charge in [0.2, 0.25) is 0 Å². The molecule has 0 radical (unpaired) electrons. The SMILES string of the molecule is COc1cc2nc(-c3ccc(F)c(F)c3)nc(NCCCN(C)C)c2cc1OC. The molecule has 8 heteroatoms. The normalized spacial score (nSPS) is 11.1. The number of methoxy groups -OCH3 is 2. The van der Waals surface area contributed by atoms with E-state index in [1.54, 1.807) is 26.4 Å². The molecule has 0 aliphatic heterocycles. The lowest BCUT2D eigenvalue weighted by molar-refractivity contribution is 0.356. The highest BCUT2D eigenvalue weighted by atomic mass is 19.2. The van der Waals surface area contributed by atoms with Gasteiger partial charge in [0, 0.05) is 23.6 Å². The minimum Gasteiger partial charge on any atom is -0.493 e. The number of ether oxygens (including phenoxy) is 2. The van der Waals surface area contributed by atoms with E-state index >= 15 is 0 Å². The summed E-state index contributed by atoms with van der Waals surface area (Å²) >= 11 is 0. The number of hydrogen-bond donors (Lipinski definition) is 1. The Kier molecular flexibility index (Phi) is 6.43. The van der Waals surface area contributed by atoms with E-state index in [0.717, 1.165) is 30.5 Å². The average molecular weight is 402 g/mol. The van der Waals surface area contributed by atoms with Crippen molar-refractivity contribution < 1.29 is 18.3 Å². The summed E-state index contributed by atoms with van der Waals surface area (Å²) in [5, 5.41) is 4.07. The van der Waals surface area contributed by atoms with Crippen LogP contribution in [0, 0.1) is 11.6 Å². The number of halogens is 2. The van der Waals surface area contributed by atoms with Crippen LogP contribution in [-0.4, -0.2) is 56.3 Å². The number of benzene rings is 2. The third-order valence-electron chi connectivity index (χ3n) is 4.45. The Bertz CT molecular complexity index is 1010. The van der Waals surface area contributed by atoms with Gasteiger partial charge in [0.15, 0.2) is 29.0 Å². The van der Waals surface area contributed by atoms with Crippen LogP contribution in [0.1, 0.15) is 6.42 Å². The molecule has 3 aromatic rings. The first-order valence-corrected chi connectivity index (χ1v) is 9.20. The fraction of sp³-hybridized carbons (Fsp3) is 0.333. The topological polar surface area (TPSA) is 59.5 Å². The molecule has 0 fully saturated rings. The largest absolute Gasteiger partial charge is 0.493 e. The predicted octanol–water partition coefficient (Wildman–Crippen LogP) is 3.96. The molecule has 0 spiro atoms.